The average Bonchev–Trinajstić information content (AvgIpc) is 2.77. The van der Waals surface area contributed by atoms with E-state index < -0.39 is 0 Å². The first-order chi connectivity index (χ1) is 8.99. The maximum atomic E-state index is 12.3. The Morgan fingerprint density at radius 3 is 2.79 bits per heavy atom. The summed E-state index contributed by atoms with van der Waals surface area (Å²) >= 11 is 5.89. The van der Waals surface area contributed by atoms with E-state index in [1.54, 1.807) is 36.4 Å². The summed E-state index contributed by atoms with van der Waals surface area (Å²) in [6.07, 6.45) is 1.61. The molecule has 100 valence electrons. The first kappa shape index (κ1) is 13.5. The zero-order chi connectivity index (χ0) is 14.0. The van der Waals surface area contributed by atoms with Crippen molar-refractivity contribution in [2.75, 3.05) is 12.8 Å². The average molecular weight is 279 g/mol. The van der Waals surface area contributed by atoms with Gasteiger partial charge in [0.25, 0.3) is 5.91 Å². The van der Waals surface area contributed by atoms with Crippen LogP contribution in [-0.4, -0.2) is 17.9 Å². The molecule has 1 aromatic carbocycles. The van der Waals surface area contributed by atoms with Crippen LogP contribution in [0.3, 0.4) is 0 Å². The highest BCUT2D eigenvalue weighted by Crippen LogP contribution is 2.20. The Labute approximate surface area is 116 Å². The predicted molar refractivity (Wildman–Crippen MR) is 75.1 cm³/mol. The number of carbonyl (C=O) groups excluding carboxylic acids is 1. The molecule has 1 heterocycles. The van der Waals surface area contributed by atoms with Crippen molar-refractivity contribution >= 4 is 23.2 Å². The summed E-state index contributed by atoms with van der Waals surface area (Å²) in [4.78, 5) is 13.9. The Kier molecular flexibility index (Phi) is 3.81. The van der Waals surface area contributed by atoms with Crippen LogP contribution in [0.25, 0.3) is 0 Å². The second kappa shape index (κ2) is 5.36. The van der Waals surface area contributed by atoms with E-state index in [1.807, 2.05) is 13.0 Å². The summed E-state index contributed by atoms with van der Waals surface area (Å²) in [6, 6.07) is 6.72. The zero-order valence-electron chi connectivity index (χ0n) is 10.8. The first-order valence-corrected chi connectivity index (χ1v) is 6.20. The number of nitrogens with two attached hydrogens (primary N) is 1. The summed E-state index contributed by atoms with van der Waals surface area (Å²) in [5.41, 5.74) is 7.61. The minimum absolute atomic E-state index is 0.166. The number of hydrogen-bond donors (Lipinski definition) is 1. The fraction of sp³-hybridized carbons (Fsp3) is 0.214. The molecule has 0 radical (unpaired) electrons. The summed E-state index contributed by atoms with van der Waals surface area (Å²) in [5.74, 6) is 0.638. The molecule has 2 N–H and O–H groups in total. The molecule has 1 amide bonds. The molecule has 0 atom stereocenters. The predicted octanol–water partition coefficient (Wildman–Crippen LogP) is 3.10. The van der Waals surface area contributed by atoms with Crippen LogP contribution in [0.5, 0.6) is 0 Å². The molecule has 1 aromatic heterocycles. The fourth-order valence-electron chi connectivity index (χ4n) is 1.82. The third kappa shape index (κ3) is 2.90. The van der Waals surface area contributed by atoms with Gasteiger partial charge in [0.05, 0.1) is 11.8 Å². The van der Waals surface area contributed by atoms with E-state index in [2.05, 4.69) is 0 Å². The number of carbonyl (C=O) groups is 1. The Morgan fingerprint density at radius 2 is 2.16 bits per heavy atom. The van der Waals surface area contributed by atoms with Crippen molar-refractivity contribution < 1.29 is 9.21 Å². The van der Waals surface area contributed by atoms with Crippen molar-refractivity contribution in [1.29, 1.82) is 0 Å². The first-order valence-electron chi connectivity index (χ1n) is 5.82. The molecule has 0 aliphatic heterocycles. The minimum atomic E-state index is -0.166. The summed E-state index contributed by atoms with van der Waals surface area (Å²) in [6.45, 7) is 2.33. The molecule has 0 aliphatic rings. The van der Waals surface area contributed by atoms with Crippen LogP contribution in [0, 0.1) is 6.92 Å². The van der Waals surface area contributed by atoms with Crippen LogP contribution < -0.4 is 5.73 Å². The second-order valence-electron chi connectivity index (χ2n) is 4.39. The standard InChI is InChI=1S/C14H15ClN2O2/c1-9-10(5-6-19-9)8-17(2)14(18)12-7-11(15)3-4-13(12)16/h3-7H,8,16H2,1-2H3. The number of nitrogens with zero attached hydrogens (tertiary/aromatic N) is 1. The largest absolute Gasteiger partial charge is 0.469 e. The van der Waals surface area contributed by atoms with Gasteiger partial charge in [-0.05, 0) is 31.2 Å². The number of aryl methyl sites for hydroxylation is 1. The van der Waals surface area contributed by atoms with Gasteiger partial charge in [-0.2, -0.15) is 0 Å². The number of benzene rings is 1. The minimum Gasteiger partial charge on any atom is -0.469 e. The molecular formula is C14H15ClN2O2. The highest BCUT2D eigenvalue weighted by atomic mass is 35.5. The molecule has 4 nitrogen and oxygen atoms in total. The number of anilines is 1. The maximum Gasteiger partial charge on any atom is 0.256 e. The Morgan fingerprint density at radius 1 is 1.42 bits per heavy atom. The van der Waals surface area contributed by atoms with Crippen LogP contribution in [-0.2, 0) is 6.54 Å². The van der Waals surface area contributed by atoms with Crippen LogP contribution in [0.2, 0.25) is 5.02 Å². The number of amides is 1. The molecule has 0 saturated heterocycles. The van der Waals surface area contributed by atoms with Gasteiger partial charge in [-0.15, -0.1) is 0 Å². The zero-order valence-corrected chi connectivity index (χ0v) is 11.6. The topological polar surface area (TPSA) is 59.5 Å². The monoisotopic (exact) mass is 278 g/mol. The third-order valence-electron chi connectivity index (χ3n) is 2.97. The van der Waals surface area contributed by atoms with Gasteiger partial charge < -0.3 is 15.1 Å². The van der Waals surface area contributed by atoms with Crippen molar-refractivity contribution in [2.45, 2.75) is 13.5 Å². The second-order valence-corrected chi connectivity index (χ2v) is 4.83. The summed E-state index contributed by atoms with van der Waals surface area (Å²) < 4.78 is 5.21. The van der Waals surface area contributed by atoms with Gasteiger partial charge in [0.1, 0.15) is 5.76 Å². The lowest BCUT2D eigenvalue weighted by molar-refractivity contribution is 0.0785. The molecule has 0 spiro atoms. The lowest BCUT2D eigenvalue weighted by Crippen LogP contribution is -2.27. The SMILES string of the molecule is Cc1occc1CN(C)C(=O)c1cc(Cl)ccc1N. The molecule has 5 heteroatoms. The quantitative estimate of drug-likeness (QED) is 0.878. The molecule has 0 saturated carbocycles. The highest BCUT2D eigenvalue weighted by molar-refractivity contribution is 6.31. The Bertz CT molecular complexity index is 607. The molecule has 2 rings (SSSR count). The van der Waals surface area contributed by atoms with E-state index in [0.717, 1.165) is 11.3 Å². The molecule has 0 bridgehead atoms. The lowest BCUT2D eigenvalue weighted by Gasteiger charge is -2.18. The summed E-state index contributed by atoms with van der Waals surface area (Å²) in [5, 5.41) is 0.491. The van der Waals surface area contributed by atoms with E-state index in [1.165, 1.54) is 0 Å². The molecule has 0 unspecified atom stereocenters. The molecule has 0 fully saturated rings. The maximum absolute atomic E-state index is 12.3. The Hall–Kier alpha value is -1.94. The number of nitrogen functional groups attached to an aromatic ring is 1. The van der Waals surface area contributed by atoms with E-state index in [0.29, 0.717) is 22.8 Å². The molecule has 2 aromatic rings. The van der Waals surface area contributed by atoms with Gasteiger partial charge in [0.15, 0.2) is 0 Å². The van der Waals surface area contributed by atoms with Crippen LogP contribution >= 0.6 is 11.6 Å². The van der Waals surface area contributed by atoms with Crippen LogP contribution in [0.15, 0.2) is 34.9 Å². The van der Waals surface area contributed by atoms with Crippen molar-refractivity contribution in [3.05, 3.63) is 52.4 Å². The van der Waals surface area contributed by atoms with Gasteiger partial charge in [-0.3, -0.25) is 4.79 Å². The van der Waals surface area contributed by atoms with E-state index >= 15 is 0 Å². The van der Waals surface area contributed by atoms with Gasteiger partial charge in [0, 0.05) is 29.9 Å². The van der Waals surface area contributed by atoms with Gasteiger partial charge in [-0.1, -0.05) is 11.6 Å². The van der Waals surface area contributed by atoms with Crippen LogP contribution in [0.1, 0.15) is 21.7 Å². The van der Waals surface area contributed by atoms with Gasteiger partial charge >= 0.3 is 0 Å². The van der Waals surface area contributed by atoms with E-state index in [-0.39, 0.29) is 5.91 Å². The van der Waals surface area contributed by atoms with E-state index in [9.17, 15) is 4.79 Å². The van der Waals surface area contributed by atoms with Crippen LogP contribution in [0.4, 0.5) is 5.69 Å². The normalized spacial score (nSPS) is 10.5. The molecular weight excluding hydrogens is 264 g/mol. The number of halogens is 1. The summed E-state index contributed by atoms with van der Waals surface area (Å²) in [7, 11) is 1.72. The molecule has 19 heavy (non-hydrogen) atoms. The number of rotatable bonds is 3. The van der Waals surface area contributed by atoms with Gasteiger partial charge in [0.2, 0.25) is 0 Å². The van der Waals surface area contributed by atoms with Crippen molar-refractivity contribution in [3.8, 4) is 0 Å². The molecule has 0 aliphatic carbocycles. The van der Waals surface area contributed by atoms with E-state index in [4.69, 9.17) is 21.8 Å². The number of furan rings is 1. The number of hydrogen-bond acceptors (Lipinski definition) is 3. The smallest absolute Gasteiger partial charge is 0.256 e. The van der Waals surface area contributed by atoms with Crippen molar-refractivity contribution in [3.63, 3.8) is 0 Å². The van der Waals surface area contributed by atoms with Crippen molar-refractivity contribution in [2.24, 2.45) is 0 Å². The third-order valence-corrected chi connectivity index (χ3v) is 3.20. The van der Waals surface area contributed by atoms with Gasteiger partial charge in [-0.25, -0.2) is 0 Å². The Balaban J connectivity index is 2.19. The highest BCUT2D eigenvalue weighted by Gasteiger charge is 2.16. The lowest BCUT2D eigenvalue weighted by atomic mass is 10.1. The fourth-order valence-corrected chi connectivity index (χ4v) is 1.99. The van der Waals surface area contributed by atoms with Crippen molar-refractivity contribution in [1.82, 2.24) is 4.90 Å².